The highest BCUT2D eigenvalue weighted by molar-refractivity contribution is 5.70. The molecule has 0 radical (unpaired) electrons. The first kappa shape index (κ1) is 11.6. The highest BCUT2D eigenvalue weighted by Gasteiger charge is 2.47. The zero-order valence-electron chi connectivity index (χ0n) is 10.00. The zero-order chi connectivity index (χ0) is 11.9. The van der Waals surface area contributed by atoms with Gasteiger partial charge in [0.25, 0.3) is 0 Å². The Morgan fingerprint density at radius 2 is 2.12 bits per heavy atom. The molecule has 0 spiro atoms. The van der Waals surface area contributed by atoms with Crippen LogP contribution in [0.15, 0.2) is 0 Å². The van der Waals surface area contributed by atoms with E-state index < -0.39 is 11.8 Å². The largest absolute Gasteiger partial charge is 0.444 e. The number of ether oxygens (including phenoxy) is 1. The van der Waals surface area contributed by atoms with Gasteiger partial charge in [0.05, 0.1) is 12.1 Å². The minimum Gasteiger partial charge on any atom is -0.444 e. The zero-order valence-corrected chi connectivity index (χ0v) is 10.00. The highest BCUT2D eigenvalue weighted by atomic mass is 19.1. The van der Waals surface area contributed by atoms with E-state index in [-0.39, 0.29) is 18.2 Å². The van der Waals surface area contributed by atoms with Gasteiger partial charge in [-0.05, 0) is 20.8 Å². The number of hydrogen-bond acceptors (Lipinski definition) is 3. The summed E-state index contributed by atoms with van der Waals surface area (Å²) in [5, 5.41) is 3.14. The Balaban J connectivity index is 2.07. The van der Waals surface area contributed by atoms with Crippen LogP contribution < -0.4 is 5.32 Å². The van der Waals surface area contributed by atoms with Crippen LogP contribution in [0.25, 0.3) is 0 Å². The molecule has 0 aromatic carbocycles. The number of nitrogens with zero attached hydrogens (tertiary/aromatic N) is 1. The van der Waals surface area contributed by atoms with Crippen LogP contribution in [-0.4, -0.2) is 47.9 Å². The van der Waals surface area contributed by atoms with Gasteiger partial charge < -0.3 is 10.1 Å². The van der Waals surface area contributed by atoms with E-state index in [1.54, 1.807) is 4.90 Å². The standard InChI is InChI=1S/C11H19FN2O2/c1-11(2,3)16-10(15)14-7-4-8(12)9(14)6-13-5-7/h7-9,13H,4-6H2,1-3H3/t7-,8+,9-/m0/s1. The van der Waals surface area contributed by atoms with Crippen molar-refractivity contribution in [3.63, 3.8) is 0 Å². The molecule has 2 saturated heterocycles. The Kier molecular flexibility index (Phi) is 2.82. The summed E-state index contributed by atoms with van der Waals surface area (Å²) in [5.74, 6) is 0. The van der Waals surface area contributed by atoms with E-state index in [0.29, 0.717) is 19.5 Å². The Morgan fingerprint density at radius 1 is 1.44 bits per heavy atom. The van der Waals surface area contributed by atoms with Gasteiger partial charge in [-0.25, -0.2) is 9.18 Å². The van der Waals surface area contributed by atoms with E-state index in [0.717, 1.165) is 0 Å². The topological polar surface area (TPSA) is 41.6 Å². The van der Waals surface area contributed by atoms with Crippen molar-refractivity contribution >= 4 is 6.09 Å². The van der Waals surface area contributed by atoms with Crippen LogP contribution >= 0.6 is 0 Å². The monoisotopic (exact) mass is 230 g/mol. The quantitative estimate of drug-likeness (QED) is 0.682. The highest BCUT2D eigenvalue weighted by Crippen LogP contribution is 2.30. The third kappa shape index (κ3) is 2.14. The molecule has 92 valence electrons. The average molecular weight is 230 g/mol. The molecule has 5 heteroatoms. The molecule has 1 amide bonds. The number of alkyl halides is 1. The average Bonchev–Trinajstić information content (AvgIpc) is 2.31. The molecule has 0 unspecified atom stereocenters. The van der Waals surface area contributed by atoms with E-state index in [1.165, 1.54) is 0 Å². The Bertz CT molecular complexity index is 290. The van der Waals surface area contributed by atoms with E-state index in [1.807, 2.05) is 20.8 Å². The minimum absolute atomic E-state index is 0.0522. The summed E-state index contributed by atoms with van der Waals surface area (Å²) >= 11 is 0. The first-order valence-electron chi connectivity index (χ1n) is 5.74. The second kappa shape index (κ2) is 3.87. The second-order valence-corrected chi connectivity index (χ2v) is 5.52. The molecule has 0 aromatic rings. The van der Waals surface area contributed by atoms with Gasteiger partial charge in [0.1, 0.15) is 11.8 Å². The molecule has 2 rings (SSSR count). The maximum atomic E-state index is 13.6. The van der Waals surface area contributed by atoms with Crippen LogP contribution in [0.4, 0.5) is 9.18 Å². The van der Waals surface area contributed by atoms with Crippen molar-refractivity contribution in [3.8, 4) is 0 Å². The summed E-state index contributed by atoms with van der Waals surface area (Å²) in [5.41, 5.74) is -0.521. The number of halogens is 1. The molecule has 2 aliphatic heterocycles. The Hall–Kier alpha value is -0.840. The second-order valence-electron chi connectivity index (χ2n) is 5.52. The number of carbonyl (C=O) groups excluding carboxylic acids is 1. The predicted molar refractivity (Wildman–Crippen MR) is 58.0 cm³/mol. The lowest BCUT2D eigenvalue weighted by molar-refractivity contribution is 0.00730. The lowest BCUT2D eigenvalue weighted by Crippen LogP contribution is -2.56. The third-order valence-corrected chi connectivity index (χ3v) is 3.00. The molecule has 3 atom stereocenters. The van der Waals surface area contributed by atoms with Crippen molar-refractivity contribution in [1.29, 1.82) is 0 Å². The number of fused-ring (bicyclic) bond motifs is 2. The van der Waals surface area contributed by atoms with Crippen molar-refractivity contribution in [2.45, 2.75) is 51.0 Å². The van der Waals surface area contributed by atoms with Gasteiger partial charge in [-0.3, -0.25) is 4.90 Å². The smallest absolute Gasteiger partial charge is 0.410 e. The lowest BCUT2D eigenvalue weighted by atomic mass is 10.2. The minimum atomic E-state index is -0.924. The summed E-state index contributed by atoms with van der Waals surface area (Å²) in [6.45, 7) is 6.65. The molecule has 16 heavy (non-hydrogen) atoms. The van der Waals surface area contributed by atoms with Crippen LogP contribution in [-0.2, 0) is 4.74 Å². The number of piperazine rings is 1. The van der Waals surface area contributed by atoms with Crippen LogP contribution in [0.5, 0.6) is 0 Å². The molecular weight excluding hydrogens is 211 g/mol. The van der Waals surface area contributed by atoms with Crippen molar-refractivity contribution in [2.24, 2.45) is 0 Å². The molecule has 0 saturated carbocycles. The first-order valence-corrected chi connectivity index (χ1v) is 5.74. The van der Waals surface area contributed by atoms with Gasteiger partial charge in [-0.15, -0.1) is 0 Å². The van der Waals surface area contributed by atoms with Crippen molar-refractivity contribution in [1.82, 2.24) is 10.2 Å². The summed E-state index contributed by atoms with van der Waals surface area (Å²) in [6.07, 6.45) is -0.881. The molecule has 2 aliphatic rings. The number of amides is 1. The first-order chi connectivity index (χ1) is 7.38. The number of carbonyl (C=O) groups is 1. The molecule has 2 fully saturated rings. The van der Waals surface area contributed by atoms with Crippen LogP contribution in [0.2, 0.25) is 0 Å². The van der Waals surface area contributed by atoms with E-state index in [4.69, 9.17) is 4.74 Å². The summed E-state index contributed by atoms with van der Waals surface area (Å²) < 4.78 is 18.9. The number of rotatable bonds is 0. The fourth-order valence-electron chi connectivity index (χ4n) is 2.38. The van der Waals surface area contributed by atoms with Gasteiger partial charge in [-0.1, -0.05) is 0 Å². The van der Waals surface area contributed by atoms with Gasteiger partial charge in [0.2, 0.25) is 0 Å². The van der Waals surface area contributed by atoms with E-state index in [2.05, 4.69) is 5.32 Å². The molecule has 2 heterocycles. The third-order valence-electron chi connectivity index (χ3n) is 3.00. The lowest BCUT2D eigenvalue weighted by Gasteiger charge is -2.36. The van der Waals surface area contributed by atoms with Crippen LogP contribution in [0.3, 0.4) is 0 Å². The molecule has 4 nitrogen and oxygen atoms in total. The summed E-state index contributed by atoms with van der Waals surface area (Å²) in [7, 11) is 0. The van der Waals surface area contributed by atoms with Crippen LogP contribution in [0.1, 0.15) is 27.2 Å². The van der Waals surface area contributed by atoms with Crippen molar-refractivity contribution in [3.05, 3.63) is 0 Å². The fraction of sp³-hybridized carbons (Fsp3) is 0.909. The Labute approximate surface area is 95.1 Å². The summed E-state index contributed by atoms with van der Waals surface area (Å²) in [6, 6.07) is -0.405. The van der Waals surface area contributed by atoms with Gasteiger partial charge in [-0.2, -0.15) is 0 Å². The van der Waals surface area contributed by atoms with E-state index in [9.17, 15) is 9.18 Å². The number of hydrogen-bond donors (Lipinski definition) is 1. The molecule has 2 bridgehead atoms. The molecular formula is C11H19FN2O2. The van der Waals surface area contributed by atoms with Crippen molar-refractivity contribution < 1.29 is 13.9 Å². The molecule has 0 aromatic heterocycles. The normalized spacial score (nSPS) is 34.0. The fourth-order valence-corrected chi connectivity index (χ4v) is 2.38. The predicted octanol–water partition coefficient (Wildman–Crippen LogP) is 1.31. The number of nitrogens with one attached hydrogen (secondary N) is 1. The maximum absolute atomic E-state index is 13.6. The van der Waals surface area contributed by atoms with Crippen LogP contribution in [0, 0.1) is 0 Å². The Morgan fingerprint density at radius 3 is 2.69 bits per heavy atom. The SMILES string of the molecule is CC(C)(C)OC(=O)N1[C@@H]2CNC[C@H]1[C@H](F)C2. The van der Waals surface area contributed by atoms with Gasteiger partial charge in [0.15, 0.2) is 0 Å². The molecule has 0 aliphatic carbocycles. The summed E-state index contributed by atoms with van der Waals surface area (Å²) in [4.78, 5) is 13.5. The maximum Gasteiger partial charge on any atom is 0.410 e. The van der Waals surface area contributed by atoms with Crippen molar-refractivity contribution in [2.75, 3.05) is 13.1 Å². The molecule has 1 N–H and O–H groups in total. The van der Waals surface area contributed by atoms with E-state index >= 15 is 0 Å². The van der Waals surface area contributed by atoms with Gasteiger partial charge in [0, 0.05) is 19.5 Å². The van der Waals surface area contributed by atoms with Gasteiger partial charge >= 0.3 is 6.09 Å².